The fourth-order valence-electron chi connectivity index (χ4n) is 1.48. The minimum Gasteiger partial charge on any atom is -0.493 e. The van der Waals surface area contributed by atoms with Gasteiger partial charge in [-0.15, -0.1) is 0 Å². The van der Waals surface area contributed by atoms with Crippen LogP contribution in [0.3, 0.4) is 0 Å². The molecule has 0 saturated heterocycles. The van der Waals surface area contributed by atoms with E-state index in [0.29, 0.717) is 5.56 Å². The third kappa shape index (κ3) is 4.19. The van der Waals surface area contributed by atoms with Crippen LogP contribution in [0.5, 0.6) is 11.5 Å². The molecule has 0 aliphatic rings. The lowest BCUT2D eigenvalue weighted by atomic mass is 10.1. The van der Waals surface area contributed by atoms with Crippen molar-refractivity contribution in [1.82, 2.24) is 0 Å². The van der Waals surface area contributed by atoms with Gasteiger partial charge in [0, 0.05) is 16.4 Å². The lowest BCUT2D eigenvalue weighted by molar-refractivity contribution is 0.310. The summed E-state index contributed by atoms with van der Waals surface area (Å²) >= 11 is 0. The van der Waals surface area contributed by atoms with E-state index in [9.17, 15) is 8.42 Å². The fraction of sp³-hybridized carbons (Fsp3) is 0.500. The molecular weight excluding hydrogens is 254 g/mol. The smallest absolute Gasteiger partial charge is 0.161 e. The second kappa shape index (κ2) is 6.06. The molecule has 0 unspecified atom stereocenters. The first-order chi connectivity index (χ1) is 10.3. The maximum atomic E-state index is 11.3. The van der Waals surface area contributed by atoms with E-state index in [-0.39, 0.29) is 17.3 Å². The van der Waals surface area contributed by atoms with Crippen molar-refractivity contribution in [1.29, 1.82) is 0 Å². The monoisotopic (exact) mass is 278 g/mol. The summed E-state index contributed by atoms with van der Waals surface area (Å²) < 4.78 is 69.1. The SMILES string of the molecule is [2H]C([2H])([2H])C([2H])([2H])Oc1cc([C@H](N)CS(C)(=O)=O)ccc1OC. The zero-order valence-electron chi connectivity index (χ0n) is 15.1. The normalized spacial score (nSPS) is 18.7. The standard InChI is InChI=1S/C12H19NO4S/c1-4-17-12-7-9(5-6-11(12)16-2)10(13)8-18(3,14)15/h5-7,10H,4,8,13H2,1-3H3/t10-/m1/s1/i1D3,4D2. The summed E-state index contributed by atoms with van der Waals surface area (Å²) in [7, 11) is -2.01. The number of rotatable bonds is 6. The van der Waals surface area contributed by atoms with Gasteiger partial charge < -0.3 is 15.2 Å². The summed E-state index contributed by atoms with van der Waals surface area (Å²) in [6, 6.07) is 3.32. The molecule has 0 aromatic heterocycles. The van der Waals surface area contributed by atoms with Gasteiger partial charge in [0.05, 0.1) is 22.2 Å². The molecule has 0 aliphatic heterocycles. The predicted molar refractivity (Wildman–Crippen MR) is 70.8 cm³/mol. The largest absolute Gasteiger partial charge is 0.493 e. The van der Waals surface area contributed by atoms with E-state index in [0.717, 1.165) is 6.26 Å². The molecule has 0 radical (unpaired) electrons. The highest BCUT2D eigenvalue weighted by Crippen LogP contribution is 2.30. The summed E-state index contributed by atoms with van der Waals surface area (Å²) in [5, 5.41) is 0. The second-order valence-corrected chi connectivity index (χ2v) is 6.00. The van der Waals surface area contributed by atoms with Gasteiger partial charge in [-0.1, -0.05) is 6.07 Å². The topological polar surface area (TPSA) is 78.6 Å². The van der Waals surface area contributed by atoms with Crippen LogP contribution in [-0.2, 0) is 9.84 Å². The number of hydrogen-bond donors (Lipinski definition) is 1. The predicted octanol–water partition coefficient (Wildman–Crippen LogP) is 1.14. The third-order valence-corrected chi connectivity index (χ3v) is 3.22. The Kier molecular flexibility index (Phi) is 2.95. The molecule has 1 atom stereocenters. The van der Waals surface area contributed by atoms with Crippen LogP contribution in [0.4, 0.5) is 0 Å². The molecule has 0 fully saturated rings. The van der Waals surface area contributed by atoms with Crippen LogP contribution in [0.1, 0.15) is 25.3 Å². The van der Waals surface area contributed by atoms with Crippen molar-refractivity contribution in [3.8, 4) is 11.5 Å². The van der Waals surface area contributed by atoms with E-state index in [2.05, 4.69) is 0 Å². The van der Waals surface area contributed by atoms with Crippen molar-refractivity contribution < 1.29 is 24.7 Å². The minimum atomic E-state index is -3.32. The van der Waals surface area contributed by atoms with E-state index in [1.807, 2.05) is 0 Å². The molecule has 6 heteroatoms. The van der Waals surface area contributed by atoms with Gasteiger partial charge in [-0.2, -0.15) is 0 Å². The Morgan fingerprint density at radius 3 is 2.78 bits per heavy atom. The number of methoxy groups -OCH3 is 1. The third-order valence-electron chi connectivity index (χ3n) is 2.26. The van der Waals surface area contributed by atoms with Gasteiger partial charge in [0.1, 0.15) is 9.84 Å². The molecule has 0 bridgehead atoms. The first-order valence-electron chi connectivity index (χ1n) is 7.57. The minimum absolute atomic E-state index is 0.105. The Labute approximate surface area is 115 Å². The average molecular weight is 278 g/mol. The van der Waals surface area contributed by atoms with Crippen LogP contribution in [0.2, 0.25) is 0 Å². The van der Waals surface area contributed by atoms with Gasteiger partial charge in [-0.3, -0.25) is 0 Å². The molecule has 0 heterocycles. The summed E-state index contributed by atoms with van der Waals surface area (Å²) in [6.07, 6.45) is 1.04. The maximum absolute atomic E-state index is 11.3. The number of nitrogens with two attached hydrogens (primary N) is 1. The molecule has 0 spiro atoms. The molecule has 0 saturated carbocycles. The molecule has 0 amide bonds. The molecule has 5 nitrogen and oxygen atoms in total. The number of sulfone groups is 1. The Bertz CT molecular complexity index is 660. The fourth-order valence-corrected chi connectivity index (χ4v) is 2.33. The molecule has 0 aliphatic carbocycles. The van der Waals surface area contributed by atoms with Gasteiger partial charge >= 0.3 is 0 Å². The highest BCUT2D eigenvalue weighted by atomic mass is 32.2. The van der Waals surface area contributed by atoms with Crippen LogP contribution in [0, 0.1) is 0 Å². The molecule has 1 aromatic rings. The average Bonchev–Trinajstić information content (AvgIpc) is 2.34. The Morgan fingerprint density at radius 2 is 2.22 bits per heavy atom. The Morgan fingerprint density at radius 1 is 1.50 bits per heavy atom. The molecule has 18 heavy (non-hydrogen) atoms. The van der Waals surface area contributed by atoms with Gasteiger partial charge in [-0.25, -0.2) is 8.42 Å². The lowest BCUT2D eigenvalue weighted by Crippen LogP contribution is -2.20. The van der Waals surface area contributed by atoms with E-state index in [4.69, 9.17) is 22.1 Å². The van der Waals surface area contributed by atoms with E-state index in [1.54, 1.807) is 0 Å². The summed E-state index contributed by atoms with van der Waals surface area (Å²) in [5.74, 6) is -0.381. The molecule has 1 aromatic carbocycles. The summed E-state index contributed by atoms with van der Waals surface area (Å²) in [4.78, 5) is 0. The molecule has 102 valence electrons. The summed E-state index contributed by atoms with van der Waals surface area (Å²) in [6.45, 7) is -5.96. The van der Waals surface area contributed by atoms with E-state index < -0.39 is 29.3 Å². The van der Waals surface area contributed by atoms with Crippen LogP contribution in [0.25, 0.3) is 0 Å². The highest BCUT2D eigenvalue weighted by Gasteiger charge is 2.15. The first kappa shape index (κ1) is 8.77. The van der Waals surface area contributed by atoms with E-state index >= 15 is 0 Å². The second-order valence-electron chi connectivity index (χ2n) is 3.81. The zero-order valence-corrected chi connectivity index (χ0v) is 11.0. The van der Waals surface area contributed by atoms with Crippen LogP contribution >= 0.6 is 0 Å². The quantitative estimate of drug-likeness (QED) is 0.844. The van der Waals surface area contributed by atoms with Crippen LogP contribution in [-0.4, -0.2) is 34.1 Å². The van der Waals surface area contributed by atoms with Crippen molar-refractivity contribution in [2.24, 2.45) is 5.73 Å². The van der Waals surface area contributed by atoms with Gasteiger partial charge in [0.15, 0.2) is 11.5 Å². The Balaban J connectivity index is 3.19. The molecular formula is C12H19NO4S. The highest BCUT2D eigenvalue weighted by molar-refractivity contribution is 7.90. The van der Waals surface area contributed by atoms with Gasteiger partial charge in [0.2, 0.25) is 0 Å². The number of benzene rings is 1. The first-order valence-corrected chi connectivity index (χ1v) is 7.13. The van der Waals surface area contributed by atoms with Crippen LogP contribution < -0.4 is 15.2 Å². The van der Waals surface area contributed by atoms with Crippen LogP contribution in [0.15, 0.2) is 18.2 Å². The van der Waals surface area contributed by atoms with Crippen molar-refractivity contribution in [2.45, 2.75) is 12.9 Å². The van der Waals surface area contributed by atoms with Gasteiger partial charge in [-0.05, 0) is 24.5 Å². The lowest BCUT2D eigenvalue weighted by Gasteiger charge is -2.15. The Hall–Kier alpha value is -1.27. The zero-order chi connectivity index (χ0) is 18.1. The summed E-state index contributed by atoms with van der Waals surface area (Å²) in [5.41, 5.74) is 6.16. The van der Waals surface area contributed by atoms with Crippen molar-refractivity contribution in [3.05, 3.63) is 23.8 Å². The van der Waals surface area contributed by atoms with Crippen molar-refractivity contribution in [2.75, 3.05) is 25.7 Å². The molecule has 2 N–H and O–H groups in total. The number of hydrogen-bond acceptors (Lipinski definition) is 5. The number of ether oxygens (including phenoxy) is 2. The molecule has 1 rings (SSSR count). The van der Waals surface area contributed by atoms with E-state index in [1.165, 1.54) is 25.3 Å². The van der Waals surface area contributed by atoms with Crippen molar-refractivity contribution in [3.63, 3.8) is 0 Å². The van der Waals surface area contributed by atoms with Crippen molar-refractivity contribution >= 4 is 9.84 Å². The van der Waals surface area contributed by atoms with Gasteiger partial charge in [0.25, 0.3) is 0 Å². The maximum Gasteiger partial charge on any atom is 0.161 e.